The number of hydrogen-bond acceptors (Lipinski definition) is 6. The average molecular weight is 488 g/mol. The van der Waals surface area contributed by atoms with Gasteiger partial charge in [0.25, 0.3) is 17.5 Å². The van der Waals surface area contributed by atoms with Gasteiger partial charge in [-0.1, -0.05) is 54.2 Å². The van der Waals surface area contributed by atoms with Crippen LogP contribution in [0, 0.1) is 15.9 Å². The summed E-state index contributed by atoms with van der Waals surface area (Å²) in [6, 6.07) is 21.3. The van der Waals surface area contributed by atoms with Gasteiger partial charge in [-0.3, -0.25) is 24.6 Å². The minimum atomic E-state index is -0.538. The van der Waals surface area contributed by atoms with Crippen molar-refractivity contribution >= 4 is 45.7 Å². The standard InChI is InChI=1S/C26H18FN3O4S/c27-19-10-5-11-20(24(19)35-22-13-2-1-12-21(22)30(33)34)28-14-15-29-25(31)17-8-3-6-16-7-4-9-18(23(16)17)26(29)32/h1-13,28H,14-15H2. The van der Waals surface area contributed by atoms with E-state index >= 15 is 0 Å². The van der Waals surface area contributed by atoms with E-state index in [9.17, 15) is 24.1 Å². The Balaban J connectivity index is 1.36. The molecule has 0 saturated carbocycles. The topological polar surface area (TPSA) is 92.6 Å². The first-order chi connectivity index (χ1) is 17.0. The molecule has 0 spiro atoms. The second-order valence-electron chi connectivity index (χ2n) is 7.84. The van der Waals surface area contributed by atoms with E-state index in [1.165, 1.54) is 23.1 Å². The van der Waals surface area contributed by atoms with Crippen LogP contribution in [0.1, 0.15) is 20.7 Å². The van der Waals surface area contributed by atoms with Crippen LogP contribution in [0.5, 0.6) is 0 Å². The van der Waals surface area contributed by atoms with Gasteiger partial charge in [0.1, 0.15) is 5.82 Å². The molecule has 7 nitrogen and oxygen atoms in total. The van der Waals surface area contributed by atoms with Gasteiger partial charge in [0.05, 0.1) is 20.4 Å². The summed E-state index contributed by atoms with van der Waals surface area (Å²) in [6.45, 7) is 0.234. The Kier molecular flexibility index (Phi) is 5.92. The van der Waals surface area contributed by atoms with Gasteiger partial charge in [-0.2, -0.15) is 0 Å². The fourth-order valence-corrected chi connectivity index (χ4v) is 5.17. The van der Waals surface area contributed by atoms with Crippen molar-refractivity contribution in [1.29, 1.82) is 0 Å². The van der Waals surface area contributed by atoms with Crippen molar-refractivity contribution in [3.63, 3.8) is 0 Å². The Morgan fingerprint density at radius 1 is 0.886 bits per heavy atom. The lowest BCUT2D eigenvalue weighted by molar-refractivity contribution is -0.387. The van der Waals surface area contributed by atoms with Gasteiger partial charge >= 0.3 is 0 Å². The monoisotopic (exact) mass is 487 g/mol. The fourth-order valence-electron chi connectivity index (χ4n) is 4.14. The molecule has 0 radical (unpaired) electrons. The second kappa shape index (κ2) is 9.19. The maximum absolute atomic E-state index is 14.7. The number of carbonyl (C=O) groups excluding carboxylic acids is 2. The molecule has 4 aromatic carbocycles. The molecule has 2 amide bonds. The highest BCUT2D eigenvalue weighted by Crippen LogP contribution is 2.39. The molecule has 174 valence electrons. The van der Waals surface area contributed by atoms with Gasteiger partial charge in [-0.25, -0.2) is 4.39 Å². The van der Waals surface area contributed by atoms with E-state index in [4.69, 9.17) is 0 Å². The van der Waals surface area contributed by atoms with E-state index in [0.29, 0.717) is 27.1 Å². The van der Waals surface area contributed by atoms with E-state index in [0.717, 1.165) is 17.1 Å². The van der Waals surface area contributed by atoms with E-state index in [2.05, 4.69) is 5.32 Å². The van der Waals surface area contributed by atoms with Crippen molar-refractivity contribution in [3.8, 4) is 0 Å². The van der Waals surface area contributed by atoms with Crippen LogP contribution in [0.3, 0.4) is 0 Å². The van der Waals surface area contributed by atoms with Crippen molar-refractivity contribution in [2.24, 2.45) is 0 Å². The third-order valence-corrected chi connectivity index (χ3v) is 6.93. The summed E-state index contributed by atoms with van der Waals surface area (Å²) < 4.78 is 14.7. The highest BCUT2D eigenvalue weighted by molar-refractivity contribution is 7.99. The zero-order valence-electron chi connectivity index (χ0n) is 18.2. The van der Waals surface area contributed by atoms with Crippen LogP contribution in [0.25, 0.3) is 10.8 Å². The van der Waals surface area contributed by atoms with Crippen molar-refractivity contribution in [2.45, 2.75) is 9.79 Å². The molecule has 4 aromatic rings. The van der Waals surface area contributed by atoms with E-state index < -0.39 is 10.7 Å². The number of anilines is 1. The minimum Gasteiger partial charge on any atom is -0.382 e. The molecular weight excluding hydrogens is 469 g/mol. The molecule has 1 heterocycles. The molecule has 0 aliphatic carbocycles. The number of hydrogen-bond donors (Lipinski definition) is 1. The van der Waals surface area contributed by atoms with Crippen molar-refractivity contribution in [2.75, 3.05) is 18.4 Å². The zero-order chi connectivity index (χ0) is 24.5. The maximum Gasteiger partial charge on any atom is 0.283 e. The van der Waals surface area contributed by atoms with Crippen molar-refractivity contribution < 1.29 is 18.9 Å². The SMILES string of the molecule is O=C1c2cccc3cccc(c23)C(=O)N1CCNc1cccc(F)c1Sc1ccccc1[N+](=O)[O-]. The third kappa shape index (κ3) is 4.10. The predicted octanol–water partition coefficient (Wildman–Crippen LogP) is 5.75. The van der Waals surface area contributed by atoms with Gasteiger partial charge in [0.15, 0.2) is 0 Å². The number of amides is 2. The first-order valence-electron chi connectivity index (χ1n) is 10.8. The van der Waals surface area contributed by atoms with Crippen LogP contribution in [0.15, 0.2) is 88.7 Å². The van der Waals surface area contributed by atoms with Gasteiger partial charge in [-0.05, 0) is 35.7 Å². The molecule has 0 saturated heterocycles. The Hall–Kier alpha value is -4.24. The lowest BCUT2D eigenvalue weighted by Crippen LogP contribution is -2.42. The Bertz CT molecular complexity index is 1460. The lowest BCUT2D eigenvalue weighted by atomic mass is 9.94. The number of halogens is 1. The van der Waals surface area contributed by atoms with Crippen LogP contribution in [-0.4, -0.2) is 34.7 Å². The highest BCUT2D eigenvalue weighted by atomic mass is 32.2. The van der Waals surface area contributed by atoms with Crippen molar-refractivity contribution in [1.82, 2.24) is 4.90 Å². The summed E-state index contributed by atoms with van der Waals surface area (Å²) in [6.07, 6.45) is 0. The average Bonchev–Trinajstić information content (AvgIpc) is 2.86. The summed E-state index contributed by atoms with van der Waals surface area (Å²) in [5.74, 6) is -1.30. The molecule has 5 rings (SSSR count). The number of para-hydroxylation sites is 1. The van der Waals surface area contributed by atoms with E-state index in [-0.39, 0.29) is 35.5 Å². The number of nitro benzene ring substituents is 1. The van der Waals surface area contributed by atoms with Gasteiger partial charge < -0.3 is 5.32 Å². The summed E-state index contributed by atoms with van der Waals surface area (Å²) >= 11 is 0.943. The first kappa shape index (κ1) is 22.5. The van der Waals surface area contributed by atoms with Gasteiger partial charge in [0, 0.05) is 35.7 Å². The molecule has 1 N–H and O–H groups in total. The Morgan fingerprint density at radius 2 is 1.54 bits per heavy atom. The molecule has 0 atom stereocenters. The molecule has 0 aromatic heterocycles. The third-order valence-electron chi connectivity index (χ3n) is 5.75. The summed E-state index contributed by atoms with van der Waals surface area (Å²) in [5.41, 5.74) is 1.23. The fraction of sp³-hybridized carbons (Fsp3) is 0.0769. The number of carbonyl (C=O) groups is 2. The van der Waals surface area contributed by atoms with Crippen LogP contribution >= 0.6 is 11.8 Å². The molecule has 0 bridgehead atoms. The highest BCUT2D eigenvalue weighted by Gasteiger charge is 2.32. The van der Waals surface area contributed by atoms with Gasteiger partial charge in [0.2, 0.25) is 0 Å². The summed E-state index contributed by atoms with van der Waals surface area (Å²) in [4.78, 5) is 38.7. The maximum atomic E-state index is 14.7. The predicted molar refractivity (Wildman–Crippen MR) is 131 cm³/mol. The number of rotatable bonds is 7. The summed E-state index contributed by atoms with van der Waals surface area (Å²) in [5, 5.41) is 15.9. The lowest BCUT2D eigenvalue weighted by Gasteiger charge is -2.27. The Morgan fingerprint density at radius 3 is 2.23 bits per heavy atom. The number of imide groups is 1. The van der Waals surface area contributed by atoms with Crippen LogP contribution < -0.4 is 5.32 Å². The summed E-state index contributed by atoms with van der Waals surface area (Å²) in [7, 11) is 0. The quantitative estimate of drug-likeness (QED) is 0.203. The van der Waals surface area contributed by atoms with Crippen LogP contribution in [0.2, 0.25) is 0 Å². The number of nitrogens with zero attached hydrogens (tertiary/aromatic N) is 2. The zero-order valence-corrected chi connectivity index (χ0v) is 19.0. The molecular formula is C26H18FN3O4S. The molecule has 0 fully saturated rings. The molecule has 9 heteroatoms. The number of nitrogens with one attached hydrogen (secondary N) is 1. The normalized spacial score (nSPS) is 12.8. The van der Waals surface area contributed by atoms with Crippen molar-refractivity contribution in [3.05, 3.63) is 106 Å². The van der Waals surface area contributed by atoms with E-state index in [1.54, 1.807) is 48.5 Å². The minimum absolute atomic E-state index is 0.0640. The van der Waals surface area contributed by atoms with Crippen LogP contribution in [0.4, 0.5) is 15.8 Å². The molecule has 0 unspecified atom stereocenters. The second-order valence-corrected chi connectivity index (χ2v) is 8.89. The molecule has 1 aliphatic heterocycles. The smallest absolute Gasteiger partial charge is 0.283 e. The Labute approximate surface area is 203 Å². The van der Waals surface area contributed by atoms with E-state index in [1.807, 2.05) is 12.1 Å². The number of benzene rings is 4. The largest absolute Gasteiger partial charge is 0.382 e. The molecule has 1 aliphatic rings. The van der Waals surface area contributed by atoms with Crippen LogP contribution in [-0.2, 0) is 0 Å². The van der Waals surface area contributed by atoms with Gasteiger partial charge in [-0.15, -0.1) is 0 Å². The number of nitro groups is 1. The molecule has 35 heavy (non-hydrogen) atoms. The first-order valence-corrected chi connectivity index (χ1v) is 11.6.